The SMILES string of the molecule is CCCn1ccc(CNn2cccc2)c1. The maximum absolute atomic E-state index is 3.30. The summed E-state index contributed by atoms with van der Waals surface area (Å²) in [4.78, 5) is 0. The number of aromatic nitrogens is 2. The van der Waals surface area contributed by atoms with E-state index in [1.54, 1.807) is 0 Å². The third kappa shape index (κ3) is 2.65. The first-order valence-corrected chi connectivity index (χ1v) is 5.40. The van der Waals surface area contributed by atoms with E-state index >= 15 is 0 Å². The van der Waals surface area contributed by atoms with Gasteiger partial charge in [0.15, 0.2) is 0 Å². The number of nitrogens with one attached hydrogen (secondary N) is 1. The normalized spacial score (nSPS) is 10.5. The van der Waals surface area contributed by atoms with Crippen LogP contribution in [-0.2, 0) is 13.1 Å². The average molecular weight is 203 g/mol. The van der Waals surface area contributed by atoms with Crippen molar-refractivity contribution in [3.05, 3.63) is 48.5 Å². The molecule has 80 valence electrons. The molecule has 2 heterocycles. The lowest BCUT2D eigenvalue weighted by Gasteiger charge is -2.05. The van der Waals surface area contributed by atoms with Crippen LogP contribution in [0.1, 0.15) is 18.9 Å². The fourth-order valence-electron chi connectivity index (χ4n) is 1.61. The largest absolute Gasteiger partial charge is 0.354 e. The van der Waals surface area contributed by atoms with Crippen molar-refractivity contribution in [2.45, 2.75) is 26.4 Å². The zero-order valence-electron chi connectivity index (χ0n) is 9.06. The molecule has 1 N–H and O–H groups in total. The fraction of sp³-hybridized carbons (Fsp3) is 0.333. The Morgan fingerprint density at radius 3 is 2.73 bits per heavy atom. The standard InChI is InChI=1S/C12H17N3/c1-2-6-14-9-5-12(11-14)10-13-15-7-3-4-8-15/h3-5,7-9,11,13H,2,6,10H2,1H3. The number of aryl methyl sites for hydroxylation is 1. The maximum atomic E-state index is 3.30. The van der Waals surface area contributed by atoms with Crippen LogP contribution in [0.15, 0.2) is 43.0 Å². The van der Waals surface area contributed by atoms with Crippen LogP contribution in [0.4, 0.5) is 0 Å². The van der Waals surface area contributed by atoms with Gasteiger partial charge in [-0.25, -0.2) is 0 Å². The van der Waals surface area contributed by atoms with Crippen LogP contribution in [-0.4, -0.2) is 9.24 Å². The molecule has 15 heavy (non-hydrogen) atoms. The third-order valence-electron chi connectivity index (χ3n) is 2.36. The van der Waals surface area contributed by atoms with Gasteiger partial charge in [-0.3, -0.25) is 4.68 Å². The van der Waals surface area contributed by atoms with Gasteiger partial charge in [0.25, 0.3) is 0 Å². The lowest BCUT2D eigenvalue weighted by molar-refractivity contribution is 0.681. The number of rotatable bonds is 5. The molecule has 0 atom stereocenters. The van der Waals surface area contributed by atoms with Crippen molar-refractivity contribution in [2.75, 3.05) is 5.43 Å². The van der Waals surface area contributed by atoms with Gasteiger partial charge in [-0.2, -0.15) is 0 Å². The number of hydrogen-bond acceptors (Lipinski definition) is 1. The summed E-state index contributed by atoms with van der Waals surface area (Å²) in [6.45, 7) is 4.16. The smallest absolute Gasteiger partial charge is 0.0579 e. The Labute approximate surface area is 90.3 Å². The van der Waals surface area contributed by atoms with E-state index in [0.29, 0.717) is 0 Å². The lowest BCUT2D eigenvalue weighted by Crippen LogP contribution is -2.11. The molecule has 0 unspecified atom stereocenters. The van der Waals surface area contributed by atoms with Crippen molar-refractivity contribution in [1.29, 1.82) is 0 Å². The second kappa shape index (κ2) is 4.73. The highest BCUT2D eigenvalue weighted by Gasteiger charge is 1.95. The minimum Gasteiger partial charge on any atom is -0.354 e. The predicted octanol–water partition coefficient (Wildman–Crippen LogP) is 2.44. The zero-order chi connectivity index (χ0) is 10.5. The van der Waals surface area contributed by atoms with E-state index in [1.165, 1.54) is 12.0 Å². The first kappa shape index (κ1) is 9.90. The van der Waals surface area contributed by atoms with Crippen molar-refractivity contribution >= 4 is 0 Å². The Kier molecular flexibility index (Phi) is 3.12. The Balaban J connectivity index is 1.88. The lowest BCUT2D eigenvalue weighted by atomic mass is 10.3. The van der Waals surface area contributed by atoms with Crippen LogP contribution in [0.25, 0.3) is 0 Å². The quantitative estimate of drug-likeness (QED) is 0.792. The molecule has 0 radical (unpaired) electrons. The van der Waals surface area contributed by atoms with E-state index < -0.39 is 0 Å². The second-order valence-corrected chi connectivity index (χ2v) is 3.68. The molecule has 0 saturated carbocycles. The molecule has 0 aliphatic carbocycles. The van der Waals surface area contributed by atoms with Gasteiger partial charge in [0.05, 0.1) is 6.54 Å². The van der Waals surface area contributed by atoms with Gasteiger partial charge >= 0.3 is 0 Å². The minimum atomic E-state index is 0.866. The molecule has 0 saturated heterocycles. The third-order valence-corrected chi connectivity index (χ3v) is 2.36. The van der Waals surface area contributed by atoms with E-state index in [9.17, 15) is 0 Å². The predicted molar refractivity (Wildman–Crippen MR) is 62.2 cm³/mol. The van der Waals surface area contributed by atoms with Crippen LogP contribution in [0.5, 0.6) is 0 Å². The summed E-state index contributed by atoms with van der Waals surface area (Å²) in [6.07, 6.45) is 9.52. The summed E-state index contributed by atoms with van der Waals surface area (Å²) in [5, 5.41) is 0. The summed E-state index contributed by atoms with van der Waals surface area (Å²) < 4.78 is 4.20. The fourth-order valence-corrected chi connectivity index (χ4v) is 1.61. The molecule has 2 aromatic rings. The molecule has 2 aromatic heterocycles. The highest BCUT2D eigenvalue weighted by Crippen LogP contribution is 2.02. The van der Waals surface area contributed by atoms with Gasteiger partial charge in [-0.1, -0.05) is 6.92 Å². The molecular formula is C12H17N3. The first-order chi connectivity index (χ1) is 7.38. The summed E-state index contributed by atoms with van der Waals surface area (Å²) in [5.74, 6) is 0. The van der Waals surface area contributed by atoms with E-state index in [-0.39, 0.29) is 0 Å². The van der Waals surface area contributed by atoms with Crippen molar-refractivity contribution in [3.63, 3.8) is 0 Å². The van der Waals surface area contributed by atoms with Gasteiger partial charge in [0, 0.05) is 31.3 Å². The maximum Gasteiger partial charge on any atom is 0.0579 e. The molecule has 0 aliphatic heterocycles. The van der Waals surface area contributed by atoms with Crippen molar-refractivity contribution < 1.29 is 0 Å². The molecule has 0 spiro atoms. The summed E-state index contributed by atoms with van der Waals surface area (Å²) in [7, 11) is 0. The van der Waals surface area contributed by atoms with Crippen LogP contribution < -0.4 is 5.43 Å². The topological polar surface area (TPSA) is 21.9 Å². The Morgan fingerprint density at radius 1 is 1.20 bits per heavy atom. The van der Waals surface area contributed by atoms with Crippen LogP contribution in [0, 0.1) is 0 Å². The van der Waals surface area contributed by atoms with Crippen molar-refractivity contribution in [1.82, 2.24) is 9.24 Å². The monoisotopic (exact) mass is 203 g/mol. The van der Waals surface area contributed by atoms with Gasteiger partial charge in [-0.05, 0) is 30.2 Å². The molecule has 0 fully saturated rings. The summed E-state index contributed by atoms with van der Waals surface area (Å²) >= 11 is 0. The van der Waals surface area contributed by atoms with Crippen LogP contribution in [0.3, 0.4) is 0 Å². The molecular weight excluding hydrogens is 186 g/mol. The van der Waals surface area contributed by atoms with E-state index in [1.807, 2.05) is 29.2 Å². The minimum absolute atomic E-state index is 0.866. The zero-order valence-corrected chi connectivity index (χ0v) is 9.06. The summed E-state index contributed by atoms with van der Waals surface area (Å²) in [5.41, 5.74) is 4.62. The number of hydrogen-bond donors (Lipinski definition) is 1. The first-order valence-electron chi connectivity index (χ1n) is 5.40. The highest BCUT2D eigenvalue weighted by atomic mass is 15.4. The van der Waals surface area contributed by atoms with E-state index in [2.05, 4.69) is 35.4 Å². The van der Waals surface area contributed by atoms with Gasteiger partial charge in [0.2, 0.25) is 0 Å². The van der Waals surface area contributed by atoms with Crippen molar-refractivity contribution in [2.24, 2.45) is 0 Å². The van der Waals surface area contributed by atoms with E-state index in [4.69, 9.17) is 0 Å². The van der Waals surface area contributed by atoms with Crippen LogP contribution >= 0.6 is 0 Å². The highest BCUT2D eigenvalue weighted by molar-refractivity contribution is 5.12. The van der Waals surface area contributed by atoms with Gasteiger partial charge in [0.1, 0.15) is 0 Å². The summed E-state index contributed by atoms with van der Waals surface area (Å²) in [6, 6.07) is 6.18. The Bertz CT molecular complexity index is 387. The van der Waals surface area contributed by atoms with Gasteiger partial charge < -0.3 is 9.99 Å². The Hall–Kier alpha value is -1.64. The van der Waals surface area contributed by atoms with Gasteiger partial charge in [-0.15, -0.1) is 0 Å². The molecule has 3 heteroatoms. The van der Waals surface area contributed by atoms with E-state index in [0.717, 1.165) is 13.1 Å². The molecule has 0 amide bonds. The molecule has 0 aromatic carbocycles. The van der Waals surface area contributed by atoms with Crippen LogP contribution in [0.2, 0.25) is 0 Å². The second-order valence-electron chi connectivity index (χ2n) is 3.68. The molecule has 0 bridgehead atoms. The number of nitrogens with zero attached hydrogens (tertiary/aromatic N) is 2. The Morgan fingerprint density at radius 2 is 2.00 bits per heavy atom. The van der Waals surface area contributed by atoms with Crippen molar-refractivity contribution in [3.8, 4) is 0 Å². The average Bonchev–Trinajstić information content (AvgIpc) is 2.85. The molecule has 0 aliphatic rings. The molecule has 3 nitrogen and oxygen atoms in total. The molecule has 2 rings (SSSR count).